The number of rotatable bonds is 2. The summed E-state index contributed by atoms with van der Waals surface area (Å²) in [5, 5.41) is 9.51. The van der Waals surface area contributed by atoms with Crippen LogP contribution in [-0.2, 0) is 6.54 Å². The second-order valence-corrected chi connectivity index (χ2v) is 4.85. The minimum Gasteiger partial charge on any atom is -0.393 e. The molecule has 1 aliphatic rings. The van der Waals surface area contributed by atoms with Gasteiger partial charge in [0.1, 0.15) is 0 Å². The van der Waals surface area contributed by atoms with Crippen LogP contribution in [0.4, 0.5) is 5.95 Å². The van der Waals surface area contributed by atoms with Crippen LogP contribution in [0, 0.1) is 5.92 Å². The number of anilines is 1. The van der Waals surface area contributed by atoms with Crippen LogP contribution < -0.4 is 11.3 Å². The van der Waals surface area contributed by atoms with E-state index in [1.165, 1.54) is 0 Å². The molecular weight excluding hydrogens is 234 g/mol. The van der Waals surface area contributed by atoms with E-state index in [-0.39, 0.29) is 17.6 Å². The maximum Gasteiger partial charge on any atom is 0.280 e. The Morgan fingerprint density at radius 3 is 3.11 bits per heavy atom. The van der Waals surface area contributed by atoms with Crippen LogP contribution in [0.25, 0.3) is 11.2 Å². The summed E-state index contributed by atoms with van der Waals surface area (Å²) in [5.41, 5.74) is 6.04. The fourth-order valence-electron chi connectivity index (χ4n) is 2.60. The summed E-state index contributed by atoms with van der Waals surface area (Å²) >= 11 is 0. The molecule has 2 aromatic heterocycles. The number of nitrogens with one attached hydrogen (secondary N) is 1. The van der Waals surface area contributed by atoms with E-state index in [4.69, 9.17) is 5.73 Å². The molecule has 1 fully saturated rings. The Morgan fingerprint density at radius 1 is 1.56 bits per heavy atom. The van der Waals surface area contributed by atoms with Crippen molar-refractivity contribution in [2.75, 3.05) is 5.73 Å². The molecule has 0 aromatic carbocycles. The van der Waals surface area contributed by atoms with Gasteiger partial charge in [-0.25, -0.2) is 4.98 Å². The second-order valence-electron chi connectivity index (χ2n) is 4.85. The Hall–Kier alpha value is -1.89. The summed E-state index contributed by atoms with van der Waals surface area (Å²) in [4.78, 5) is 22.2. The average molecular weight is 249 g/mol. The van der Waals surface area contributed by atoms with E-state index in [0.717, 1.165) is 19.3 Å². The number of aliphatic hydroxyl groups excluding tert-OH is 1. The zero-order valence-corrected chi connectivity index (χ0v) is 9.83. The van der Waals surface area contributed by atoms with Gasteiger partial charge in [-0.2, -0.15) is 4.98 Å². The van der Waals surface area contributed by atoms with Gasteiger partial charge in [-0.05, 0) is 25.2 Å². The summed E-state index contributed by atoms with van der Waals surface area (Å²) in [6.07, 6.45) is 4.02. The first-order valence-electron chi connectivity index (χ1n) is 6.02. The molecule has 0 saturated heterocycles. The van der Waals surface area contributed by atoms with Crippen molar-refractivity contribution in [1.82, 2.24) is 19.5 Å². The maximum absolute atomic E-state index is 11.6. The third-order valence-electron chi connectivity index (χ3n) is 3.46. The van der Waals surface area contributed by atoms with Crippen molar-refractivity contribution in [3.8, 4) is 0 Å². The van der Waals surface area contributed by atoms with Gasteiger partial charge < -0.3 is 15.4 Å². The number of aromatic nitrogens is 4. The predicted molar refractivity (Wildman–Crippen MR) is 65.9 cm³/mol. The smallest absolute Gasteiger partial charge is 0.280 e. The fourth-order valence-corrected chi connectivity index (χ4v) is 2.60. The van der Waals surface area contributed by atoms with Gasteiger partial charge in [0.05, 0.1) is 12.4 Å². The van der Waals surface area contributed by atoms with Crippen molar-refractivity contribution in [2.24, 2.45) is 5.92 Å². The number of fused-ring (bicyclic) bond motifs is 1. The van der Waals surface area contributed by atoms with Gasteiger partial charge in [-0.3, -0.25) is 9.78 Å². The van der Waals surface area contributed by atoms with E-state index in [1.54, 1.807) is 6.33 Å². The van der Waals surface area contributed by atoms with Gasteiger partial charge >= 0.3 is 0 Å². The molecule has 18 heavy (non-hydrogen) atoms. The van der Waals surface area contributed by atoms with Crippen molar-refractivity contribution >= 4 is 17.1 Å². The molecule has 0 spiro atoms. The fraction of sp³-hybridized carbons (Fsp3) is 0.545. The molecule has 0 aliphatic heterocycles. The van der Waals surface area contributed by atoms with Crippen molar-refractivity contribution in [3.05, 3.63) is 16.7 Å². The first kappa shape index (κ1) is 11.2. The lowest BCUT2D eigenvalue weighted by Gasteiger charge is -2.10. The molecule has 96 valence electrons. The molecule has 7 heteroatoms. The second kappa shape index (κ2) is 4.09. The Labute approximate surface area is 103 Å². The molecule has 0 radical (unpaired) electrons. The summed E-state index contributed by atoms with van der Waals surface area (Å²) in [5.74, 6) is 0.500. The highest BCUT2D eigenvalue weighted by molar-refractivity contribution is 5.70. The van der Waals surface area contributed by atoms with E-state index in [9.17, 15) is 9.90 Å². The SMILES string of the molecule is Nc1nc2c(ncn2C[C@H]2CC[C@H](O)C2)c(=O)[nH]1. The highest BCUT2D eigenvalue weighted by atomic mass is 16.3. The number of H-pyrrole nitrogens is 1. The molecule has 1 aliphatic carbocycles. The third kappa shape index (κ3) is 1.86. The first-order valence-corrected chi connectivity index (χ1v) is 6.02. The predicted octanol–water partition coefficient (Wildman–Crippen LogP) is -0.137. The van der Waals surface area contributed by atoms with Crippen LogP contribution in [0.15, 0.2) is 11.1 Å². The molecule has 0 unspecified atom stereocenters. The van der Waals surface area contributed by atoms with E-state index >= 15 is 0 Å². The number of aromatic amines is 1. The maximum atomic E-state index is 11.6. The topological polar surface area (TPSA) is 110 Å². The van der Waals surface area contributed by atoms with E-state index in [0.29, 0.717) is 23.6 Å². The van der Waals surface area contributed by atoms with E-state index in [2.05, 4.69) is 15.0 Å². The molecule has 0 amide bonds. The van der Waals surface area contributed by atoms with Crippen LogP contribution >= 0.6 is 0 Å². The molecule has 1 saturated carbocycles. The number of aliphatic hydroxyl groups is 1. The molecule has 7 nitrogen and oxygen atoms in total. The quantitative estimate of drug-likeness (QED) is 0.686. The first-order chi connectivity index (χ1) is 8.63. The van der Waals surface area contributed by atoms with Crippen LogP contribution in [0.5, 0.6) is 0 Å². The molecule has 3 rings (SSSR count). The van der Waals surface area contributed by atoms with Gasteiger partial charge in [-0.1, -0.05) is 0 Å². The van der Waals surface area contributed by atoms with Gasteiger partial charge in [0, 0.05) is 6.54 Å². The summed E-state index contributed by atoms with van der Waals surface area (Å²) in [6, 6.07) is 0. The molecule has 0 bridgehead atoms. The summed E-state index contributed by atoms with van der Waals surface area (Å²) in [7, 11) is 0. The Balaban J connectivity index is 1.95. The number of nitrogens with two attached hydrogens (primary N) is 1. The number of nitrogens with zero attached hydrogens (tertiary/aromatic N) is 3. The minimum atomic E-state index is -0.317. The Bertz CT molecular complexity index is 632. The lowest BCUT2D eigenvalue weighted by molar-refractivity contribution is 0.176. The largest absolute Gasteiger partial charge is 0.393 e. The van der Waals surface area contributed by atoms with Gasteiger partial charge in [-0.15, -0.1) is 0 Å². The zero-order valence-electron chi connectivity index (χ0n) is 9.83. The lowest BCUT2D eigenvalue weighted by Crippen LogP contribution is -2.14. The highest BCUT2D eigenvalue weighted by Crippen LogP contribution is 2.27. The number of nitrogen functional groups attached to an aromatic ring is 1. The lowest BCUT2D eigenvalue weighted by atomic mass is 10.1. The van der Waals surface area contributed by atoms with Crippen LogP contribution in [0.3, 0.4) is 0 Å². The summed E-state index contributed by atoms with van der Waals surface area (Å²) < 4.78 is 1.84. The van der Waals surface area contributed by atoms with Gasteiger partial charge in [0.15, 0.2) is 11.2 Å². The standard InChI is InChI=1S/C11H15N5O2/c12-11-14-9-8(10(18)15-11)13-5-16(9)4-6-1-2-7(17)3-6/h5-7,17H,1-4H2,(H3,12,14,15,18)/t6-,7-/m0/s1. The van der Waals surface area contributed by atoms with Crippen LogP contribution in [0.1, 0.15) is 19.3 Å². The Morgan fingerprint density at radius 2 is 2.39 bits per heavy atom. The number of imidazole rings is 1. The third-order valence-corrected chi connectivity index (χ3v) is 3.46. The van der Waals surface area contributed by atoms with Crippen molar-refractivity contribution in [1.29, 1.82) is 0 Å². The minimum absolute atomic E-state index is 0.0979. The van der Waals surface area contributed by atoms with E-state index < -0.39 is 0 Å². The monoisotopic (exact) mass is 249 g/mol. The van der Waals surface area contributed by atoms with Gasteiger partial charge in [0.2, 0.25) is 5.95 Å². The van der Waals surface area contributed by atoms with E-state index in [1.807, 2.05) is 4.57 Å². The number of hydrogen-bond acceptors (Lipinski definition) is 5. The van der Waals surface area contributed by atoms with Crippen LogP contribution in [-0.4, -0.2) is 30.7 Å². The zero-order chi connectivity index (χ0) is 12.7. The van der Waals surface area contributed by atoms with Crippen LogP contribution in [0.2, 0.25) is 0 Å². The van der Waals surface area contributed by atoms with Gasteiger partial charge in [0.25, 0.3) is 5.56 Å². The van der Waals surface area contributed by atoms with Crippen molar-refractivity contribution in [2.45, 2.75) is 31.9 Å². The molecule has 2 atom stereocenters. The Kier molecular flexibility index (Phi) is 2.55. The summed E-state index contributed by atoms with van der Waals surface area (Å²) in [6.45, 7) is 0.712. The number of hydrogen-bond donors (Lipinski definition) is 3. The van der Waals surface area contributed by atoms with Crippen molar-refractivity contribution in [3.63, 3.8) is 0 Å². The molecular formula is C11H15N5O2. The normalized spacial score (nSPS) is 23.8. The molecule has 4 N–H and O–H groups in total. The van der Waals surface area contributed by atoms with Crippen molar-refractivity contribution < 1.29 is 5.11 Å². The molecule has 2 heterocycles. The average Bonchev–Trinajstić information content (AvgIpc) is 2.87. The highest BCUT2D eigenvalue weighted by Gasteiger charge is 2.23. The molecule has 2 aromatic rings.